The summed E-state index contributed by atoms with van der Waals surface area (Å²) in [5.74, 6) is 0.975. The van der Waals surface area contributed by atoms with Crippen molar-refractivity contribution in [2.45, 2.75) is 39.3 Å². The highest BCUT2D eigenvalue weighted by Gasteiger charge is 2.22. The predicted octanol–water partition coefficient (Wildman–Crippen LogP) is 3.72. The van der Waals surface area contributed by atoms with Gasteiger partial charge in [-0.1, -0.05) is 6.08 Å². The molecule has 0 amide bonds. The van der Waals surface area contributed by atoms with Crippen molar-refractivity contribution in [2.24, 2.45) is 0 Å². The fraction of sp³-hybridized carbons (Fsp3) is 0.467. The van der Waals surface area contributed by atoms with Crippen LogP contribution in [0.2, 0.25) is 0 Å². The monoisotopic (exact) mass is 231 g/mol. The van der Waals surface area contributed by atoms with Crippen LogP contribution in [0.15, 0.2) is 24.3 Å². The van der Waals surface area contributed by atoms with Gasteiger partial charge >= 0.3 is 0 Å². The van der Waals surface area contributed by atoms with E-state index in [2.05, 4.69) is 70.0 Å². The van der Waals surface area contributed by atoms with Crippen molar-refractivity contribution in [3.05, 3.63) is 29.8 Å². The third-order valence-electron chi connectivity index (χ3n) is 3.22. The minimum atomic E-state index is -0.206. The van der Waals surface area contributed by atoms with E-state index in [0.29, 0.717) is 6.04 Å². The third kappa shape index (κ3) is 2.46. The Kier molecular flexibility index (Phi) is 2.90. The zero-order valence-electron chi connectivity index (χ0n) is 11.3. The van der Waals surface area contributed by atoms with Crippen molar-refractivity contribution in [3.8, 4) is 5.75 Å². The second-order valence-corrected chi connectivity index (χ2v) is 5.47. The Balaban J connectivity index is 2.35. The van der Waals surface area contributed by atoms with Crippen LogP contribution in [-0.2, 0) is 0 Å². The molecular formula is C15H21NO. The summed E-state index contributed by atoms with van der Waals surface area (Å²) in [7, 11) is 2.11. The fourth-order valence-electron chi connectivity index (χ4n) is 1.87. The SMILES string of the molecule is CC(C)N(C)c1ccc2c(c1)OC(C)(C)C=C2. The largest absolute Gasteiger partial charge is 0.483 e. The number of ether oxygens (including phenoxy) is 1. The molecule has 0 saturated carbocycles. The van der Waals surface area contributed by atoms with Gasteiger partial charge in [0.25, 0.3) is 0 Å². The van der Waals surface area contributed by atoms with Gasteiger partial charge in [0.15, 0.2) is 0 Å². The maximum Gasteiger partial charge on any atom is 0.129 e. The first-order chi connectivity index (χ1) is 7.89. The molecule has 0 unspecified atom stereocenters. The molecule has 1 aliphatic rings. The Hall–Kier alpha value is -1.44. The van der Waals surface area contributed by atoms with Crippen molar-refractivity contribution in [1.29, 1.82) is 0 Å². The van der Waals surface area contributed by atoms with Gasteiger partial charge in [-0.05, 0) is 45.9 Å². The first-order valence-electron chi connectivity index (χ1n) is 6.14. The highest BCUT2D eigenvalue weighted by molar-refractivity contribution is 5.66. The molecule has 2 nitrogen and oxygen atoms in total. The van der Waals surface area contributed by atoms with Crippen molar-refractivity contribution in [1.82, 2.24) is 0 Å². The van der Waals surface area contributed by atoms with Gasteiger partial charge in [-0.15, -0.1) is 0 Å². The van der Waals surface area contributed by atoms with Crippen LogP contribution in [0, 0.1) is 0 Å². The smallest absolute Gasteiger partial charge is 0.129 e. The van der Waals surface area contributed by atoms with E-state index in [4.69, 9.17) is 4.74 Å². The highest BCUT2D eigenvalue weighted by atomic mass is 16.5. The van der Waals surface area contributed by atoms with Gasteiger partial charge in [0.1, 0.15) is 11.4 Å². The molecule has 2 rings (SSSR count). The van der Waals surface area contributed by atoms with Gasteiger partial charge in [-0.25, -0.2) is 0 Å². The van der Waals surface area contributed by atoms with Crippen LogP contribution in [0.1, 0.15) is 33.3 Å². The number of fused-ring (bicyclic) bond motifs is 1. The van der Waals surface area contributed by atoms with Crippen LogP contribution < -0.4 is 9.64 Å². The molecule has 2 heteroatoms. The van der Waals surface area contributed by atoms with E-state index >= 15 is 0 Å². The van der Waals surface area contributed by atoms with Gasteiger partial charge in [-0.3, -0.25) is 0 Å². The maximum absolute atomic E-state index is 5.98. The van der Waals surface area contributed by atoms with E-state index in [1.807, 2.05) is 0 Å². The molecule has 0 atom stereocenters. The molecule has 0 aromatic heterocycles. The zero-order chi connectivity index (χ0) is 12.6. The Bertz CT molecular complexity index is 446. The summed E-state index contributed by atoms with van der Waals surface area (Å²) in [6.45, 7) is 8.52. The number of hydrogen-bond acceptors (Lipinski definition) is 2. The Labute approximate surface area is 104 Å². The molecule has 1 aliphatic heterocycles. The first kappa shape index (κ1) is 12.0. The molecule has 1 aromatic carbocycles. The third-order valence-corrected chi connectivity index (χ3v) is 3.22. The van der Waals surface area contributed by atoms with Crippen LogP contribution in [0.3, 0.4) is 0 Å². The Morgan fingerprint density at radius 2 is 1.94 bits per heavy atom. The molecule has 0 saturated heterocycles. The van der Waals surface area contributed by atoms with Crippen LogP contribution in [0.5, 0.6) is 5.75 Å². The van der Waals surface area contributed by atoms with E-state index in [9.17, 15) is 0 Å². The van der Waals surface area contributed by atoms with E-state index in [-0.39, 0.29) is 5.60 Å². The molecule has 0 radical (unpaired) electrons. The summed E-state index contributed by atoms with van der Waals surface area (Å²) < 4.78 is 5.98. The van der Waals surface area contributed by atoms with Crippen LogP contribution >= 0.6 is 0 Å². The quantitative estimate of drug-likeness (QED) is 0.769. The van der Waals surface area contributed by atoms with E-state index in [1.165, 1.54) is 5.69 Å². The lowest BCUT2D eigenvalue weighted by atomic mass is 10.0. The lowest BCUT2D eigenvalue weighted by molar-refractivity contribution is 0.159. The summed E-state index contributed by atoms with van der Waals surface area (Å²) in [5.41, 5.74) is 2.15. The van der Waals surface area contributed by atoms with E-state index in [0.717, 1.165) is 11.3 Å². The number of anilines is 1. The number of benzene rings is 1. The number of rotatable bonds is 2. The van der Waals surface area contributed by atoms with E-state index < -0.39 is 0 Å². The van der Waals surface area contributed by atoms with Crippen molar-refractivity contribution in [3.63, 3.8) is 0 Å². The minimum Gasteiger partial charge on any atom is -0.483 e. The molecule has 1 aromatic rings. The topological polar surface area (TPSA) is 12.5 Å². The average Bonchev–Trinajstić information content (AvgIpc) is 2.25. The molecular weight excluding hydrogens is 210 g/mol. The molecule has 1 heterocycles. The van der Waals surface area contributed by atoms with E-state index in [1.54, 1.807) is 0 Å². The van der Waals surface area contributed by atoms with Gasteiger partial charge in [0.2, 0.25) is 0 Å². The van der Waals surface area contributed by atoms with Crippen LogP contribution in [0.4, 0.5) is 5.69 Å². The van der Waals surface area contributed by atoms with Crippen molar-refractivity contribution in [2.75, 3.05) is 11.9 Å². The van der Waals surface area contributed by atoms with Crippen molar-refractivity contribution < 1.29 is 4.74 Å². The molecule has 0 aliphatic carbocycles. The first-order valence-corrected chi connectivity index (χ1v) is 6.14. The van der Waals surface area contributed by atoms with Crippen LogP contribution in [-0.4, -0.2) is 18.7 Å². The molecule has 17 heavy (non-hydrogen) atoms. The van der Waals surface area contributed by atoms with Gasteiger partial charge in [-0.2, -0.15) is 0 Å². The second kappa shape index (κ2) is 4.10. The minimum absolute atomic E-state index is 0.206. The van der Waals surface area contributed by atoms with Gasteiger partial charge < -0.3 is 9.64 Å². The average molecular weight is 231 g/mol. The fourth-order valence-corrected chi connectivity index (χ4v) is 1.87. The standard InChI is InChI=1S/C15H21NO/c1-11(2)16(5)13-7-6-12-8-9-15(3,4)17-14(12)10-13/h6-11H,1-5H3. The number of nitrogens with zero attached hydrogens (tertiary/aromatic N) is 1. The summed E-state index contributed by atoms with van der Waals surface area (Å²) in [6, 6.07) is 6.88. The van der Waals surface area contributed by atoms with Crippen molar-refractivity contribution >= 4 is 11.8 Å². The molecule has 92 valence electrons. The normalized spacial score (nSPS) is 16.6. The Morgan fingerprint density at radius 1 is 1.24 bits per heavy atom. The molecule has 0 spiro atoms. The summed E-state index contributed by atoms with van der Waals surface area (Å²) >= 11 is 0. The summed E-state index contributed by atoms with van der Waals surface area (Å²) in [5, 5.41) is 0. The maximum atomic E-state index is 5.98. The van der Waals surface area contributed by atoms with Crippen LogP contribution in [0.25, 0.3) is 6.08 Å². The predicted molar refractivity (Wildman–Crippen MR) is 73.7 cm³/mol. The molecule has 0 fully saturated rings. The molecule has 0 N–H and O–H groups in total. The second-order valence-electron chi connectivity index (χ2n) is 5.47. The lowest BCUT2D eigenvalue weighted by Crippen LogP contribution is -2.28. The lowest BCUT2D eigenvalue weighted by Gasteiger charge is -2.30. The molecule has 0 bridgehead atoms. The summed E-state index contributed by atoms with van der Waals surface area (Å²) in [4.78, 5) is 2.24. The van der Waals surface area contributed by atoms with Gasteiger partial charge in [0.05, 0.1) is 0 Å². The van der Waals surface area contributed by atoms with Gasteiger partial charge in [0, 0.05) is 30.4 Å². The number of hydrogen-bond donors (Lipinski definition) is 0. The summed E-state index contributed by atoms with van der Waals surface area (Å²) in [6.07, 6.45) is 4.24. The highest BCUT2D eigenvalue weighted by Crippen LogP contribution is 2.34. The Morgan fingerprint density at radius 3 is 2.59 bits per heavy atom. The zero-order valence-corrected chi connectivity index (χ0v) is 11.3.